The van der Waals surface area contributed by atoms with Crippen molar-refractivity contribution in [1.29, 1.82) is 0 Å². The van der Waals surface area contributed by atoms with Crippen LogP contribution in [0.2, 0.25) is 0 Å². The van der Waals surface area contributed by atoms with Gasteiger partial charge in [0.05, 0.1) is 5.92 Å². The fourth-order valence-corrected chi connectivity index (χ4v) is 3.50. The van der Waals surface area contributed by atoms with E-state index in [-0.39, 0.29) is 37.9 Å². The van der Waals surface area contributed by atoms with Crippen molar-refractivity contribution in [3.63, 3.8) is 0 Å². The minimum Gasteiger partial charge on any atom is -0.343 e. The molecule has 0 aliphatic carbocycles. The quantitative estimate of drug-likeness (QED) is 0.844. The van der Waals surface area contributed by atoms with E-state index in [1.54, 1.807) is 4.90 Å². The average molecular weight is 296 g/mol. The smallest absolute Gasteiger partial charge is 0.343 e. The fraction of sp³-hybridized carbons (Fsp3) is 0.917. The Kier molecular flexibility index (Phi) is 5.00. The fourth-order valence-electron chi connectivity index (χ4n) is 2.55. The second kappa shape index (κ2) is 6.35. The largest absolute Gasteiger partial charge is 0.391 e. The highest BCUT2D eigenvalue weighted by Gasteiger charge is 2.41. The van der Waals surface area contributed by atoms with E-state index < -0.39 is 12.1 Å². The molecule has 0 radical (unpaired) electrons. The maximum Gasteiger partial charge on any atom is 0.391 e. The van der Waals surface area contributed by atoms with Crippen molar-refractivity contribution in [2.75, 3.05) is 31.1 Å². The van der Waals surface area contributed by atoms with Gasteiger partial charge < -0.3 is 10.2 Å². The van der Waals surface area contributed by atoms with Crippen LogP contribution in [0.1, 0.15) is 19.3 Å². The van der Waals surface area contributed by atoms with Crippen molar-refractivity contribution in [2.45, 2.75) is 31.5 Å². The van der Waals surface area contributed by atoms with Gasteiger partial charge in [0.15, 0.2) is 0 Å². The predicted octanol–water partition coefficient (Wildman–Crippen LogP) is 1.88. The molecule has 2 heterocycles. The number of alkyl halides is 3. The van der Waals surface area contributed by atoms with Crippen LogP contribution in [-0.2, 0) is 4.79 Å². The molecule has 1 unspecified atom stereocenters. The van der Waals surface area contributed by atoms with E-state index in [0.29, 0.717) is 6.42 Å². The summed E-state index contributed by atoms with van der Waals surface area (Å²) in [4.78, 5) is 13.6. The summed E-state index contributed by atoms with van der Waals surface area (Å²) in [7, 11) is 0. The lowest BCUT2D eigenvalue weighted by Crippen LogP contribution is -2.46. The predicted molar refractivity (Wildman–Crippen MR) is 69.1 cm³/mol. The van der Waals surface area contributed by atoms with Crippen LogP contribution >= 0.6 is 11.8 Å². The zero-order chi connectivity index (χ0) is 13.9. The lowest BCUT2D eigenvalue weighted by molar-refractivity contribution is -0.186. The third kappa shape index (κ3) is 4.27. The monoisotopic (exact) mass is 296 g/mol. The van der Waals surface area contributed by atoms with Crippen LogP contribution in [0.5, 0.6) is 0 Å². The normalized spacial score (nSPS) is 26.5. The summed E-state index contributed by atoms with van der Waals surface area (Å²) >= 11 is 1.81. The van der Waals surface area contributed by atoms with Gasteiger partial charge in [-0.15, -0.1) is 0 Å². The van der Waals surface area contributed by atoms with Crippen LogP contribution in [-0.4, -0.2) is 54.2 Å². The molecule has 2 fully saturated rings. The van der Waals surface area contributed by atoms with Gasteiger partial charge in [-0.2, -0.15) is 24.9 Å². The number of likely N-dealkylation sites (tertiary alicyclic amines) is 1. The Morgan fingerprint density at radius 2 is 2.00 bits per heavy atom. The molecule has 1 N–H and O–H groups in total. The van der Waals surface area contributed by atoms with E-state index >= 15 is 0 Å². The SMILES string of the molecule is O=C(CC1CSCCN1)N1CCC(C(F)(F)F)CC1. The van der Waals surface area contributed by atoms with Gasteiger partial charge in [0.1, 0.15) is 0 Å². The molecule has 7 heteroatoms. The Balaban J connectivity index is 1.76. The van der Waals surface area contributed by atoms with E-state index in [4.69, 9.17) is 0 Å². The van der Waals surface area contributed by atoms with Crippen molar-refractivity contribution in [3.05, 3.63) is 0 Å². The molecule has 0 aromatic heterocycles. The topological polar surface area (TPSA) is 32.3 Å². The lowest BCUT2D eigenvalue weighted by Gasteiger charge is -2.34. The molecule has 0 aromatic carbocycles. The molecule has 19 heavy (non-hydrogen) atoms. The number of carbonyl (C=O) groups excluding carboxylic acids is 1. The van der Waals surface area contributed by atoms with Gasteiger partial charge in [0.25, 0.3) is 0 Å². The first kappa shape index (κ1) is 15.0. The molecule has 2 aliphatic heterocycles. The molecule has 0 aromatic rings. The van der Waals surface area contributed by atoms with Gasteiger partial charge in [-0.05, 0) is 12.8 Å². The van der Waals surface area contributed by atoms with Crippen LogP contribution in [0.15, 0.2) is 0 Å². The molecule has 1 amide bonds. The van der Waals surface area contributed by atoms with Crippen LogP contribution in [0.25, 0.3) is 0 Å². The standard InChI is InChI=1S/C12H19F3N2OS/c13-12(14,15)9-1-4-17(5-2-9)11(18)7-10-8-19-6-3-16-10/h9-10,16H,1-8H2. The van der Waals surface area contributed by atoms with Crippen LogP contribution in [0.3, 0.4) is 0 Å². The van der Waals surface area contributed by atoms with Crippen molar-refractivity contribution in [1.82, 2.24) is 10.2 Å². The van der Waals surface area contributed by atoms with Crippen LogP contribution < -0.4 is 5.32 Å². The van der Waals surface area contributed by atoms with Crippen molar-refractivity contribution < 1.29 is 18.0 Å². The summed E-state index contributed by atoms with van der Waals surface area (Å²) in [5.74, 6) is 0.715. The van der Waals surface area contributed by atoms with Crippen molar-refractivity contribution >= 4 is 17.7 Å². The number of hydrogen-bond donors (Lipinski definition) is 1. The summed E-state index contributed by atoms with van der Waals surface area (Å²) in [6.45, 7) is 1.38. The maximum atomic E-state index is 12.5. The molecule has 2 saturated heterocycles. The average Bonchev–Trinajstić information content (AvgIpc) is 2.39. The van der Waals surface area contributed by atoms with E-state index in [1.165, 1.54) is 0 Å². The van der Waals surface area contributed by atoms with Gasteiger partial charge in [-0.25, -0.2) is 0 Å². The van der Waals surface area contributed by atoms with E-state index in [9.17, 15) is 18.0 Å². The molecule has 0 saturated carbocycles. The van der Waals surface area contributed by atoms with Gasteiger partial charge in [-0.1, -0.05) is 0 Å². The number of rotatable bonds is 2. The summed E-state index contributed by atoms with van der Waals surface area (Å²) in [5, 5.41) is 3.27. The Hall–Kier alpha value is -0.430. The Morgan fingerprint density at radius 3 is 2.53 bits per heavy atom. The summed E-state index contributed by atoms with van der Waals surface area (Å²) < 4.78 is 37.6. The third-order valence-corrected chi connectivity index (χ3v) is 4.86. The second-order valence-corrected chi connectivity index (χ2v) is 6.28. The highest BCUT2D eigenvalue weighted by atomic mass is 32.2. The van der Waals surface area contributed by atoms with Crippen LogP contribution in [0, 0.1) is 5.92 Å². The molecule has 2 aliphatic rings. The molecule has 1 atom stereocenters. The van der Waals surface area contributed by atoms with Gasteiger partial charge in [-0.3, -0.25) is 4.79 Å². The number of nitrogens with one attached hydrogen (secondary N) is 1. The molecule has 0 spiro atoms. The first-order valence-corrected chi connectivity index (χ1v) is 7.78. The highest BCUT2D eigenvalue weighted by molar-refractivity contribution is 7.99. The number of piperidine rings is 1. The Labute approximate surface area is 115 Å². The number of amides is 1. The Morgan fingerprint density at radius 1 is 1.32 bits per heavy atom. The van der Waals surface area contributed by atoms with E-state index in [2.05, 4.69) is 5.32 Å². The van der Waals surface area contributed by atoms with Gasteiger partial charge in [0.2, 0.25) is 5.91 Å². The summed E-state index contributed by atoms with van der Waals surface area (Å²) in [5.41, 5.74) is 0. The molecule has 0 bridgehead atoms. The number of nitrogens with zero attached hydrogens (tertiary/aromatic N) is 1. The first-order chi connectivity index (χ1) is 8.97. The Bertz CT molecular complexity index is 311. The molecule has 3 nitrogen and oxygen atoms in total. The molecular formula is C12H19F3N2OS. The maximum absolute atomic E-state index is 12.5. The lowest BCUT2D eigenvalue weighted by atomic mass is 9.96. The molecule has 2 rings (SSSR count). The van der Waals surface area contributed by atoms with Crippen molar-refractivity contribution in [2.24, 2.45) is 5.92 Å². The first-order valence-electron chi connectivity index (χ1n) is 6.62. The number of halogens is 3. The second-order valence-electron chi connectivity index (χ2n) is 5.13. The minimum atomic E-state index is -4.11. The number of thioether (sulfide) groups is 1. The molecular weight excluding hydrogens is 277 g/mol. The highest BCUT2D eigenvalue weighted by Crippen LogP contribution is 2.34. The number of carbonyl (C=O) groups is 1. The van der Waals surface area contributed by atoms with Crippen LogP contribution in [0.4, 0.5) is 13.2 Å². The molecule has 110 valence electrons. The summed E-state index contributed by atoms with van der Waals surface area (Å²) in [6.07, 6.45) is -3.62. The van der Waals surface area contributed by atoms with E-state index in [0.717, 1.165) is 18.1 Å². The van der Waals surface area contributed by atoms with Gasteiger partial charge in [0, 0.05) is 43.6 Å². The number of hydrogen-bond acceptors (Lipinski definition) is 3. The third-order valence-electron chi connectivity index (χ3n) is 3.73. The zero-order valence-corrected chi connectivity index (χ0v) is 11.5. The summed E-state index contributed by atoms with van der Waals surface area (Å²) in [6, 6.07) is 0.173. The van der Waals surface area contributed by atoms with E-state index in [1.807, 2.05) is 11.8 Å². The minimum absolute atomic E-state index is 0.0133. The zero-order valence-electron chi connectivity index (χ0n) is 10.7. The van der Waals surface area contributed by atoms with Gasteiger partial charge >= 0.3 is 6.18 Å². The van der Waals surface area contributed by atoms with Crippen molar-refractivity contribution in [3.8, 4) is 0 Å².